The van der Waals surface area contributed by atoms with E-state index in [-0.39, 0.29) is 30.2 Å². The first-order chi connectivity index (χ1) is 15.0. The molecule has 1 fully saturated rings. The van der Waals surface area contributed by atoms with Gasteiger partial charge in [0.25, 0.3) is 0 Å². The molecule has 0 bridgehead atoms. The minimum atomic E-state index is -0.613. The summed E-state index contributed by atoms with van der Waals surface area (Å²) >= 11 is 14.2. The summed E-state index contributed by atoms with van der Waals surface area (Å²) in [5.74, 6) is 0.774. The summed E-state index contributed by atoms with van der Waals surface area (Å²) in [6.45, 7) is 1.97. The van der Waals surface area contributed by atoms with Crippen molar-refractivity contribution in [1.29, 1.82) is 0 Å². The third kappa shape index (κ3) is 6.90. The fourth-order valence-electron chi connectivity index (χ4n) is 3.74. The van der Waals surface area contributed by atoms with Crippen LogP contribution in [0.15, 0.2) is 48.5 Å². The molecule has 1 aliphatic carbocycles. The van der Waals surface area contributed by atoms with Crippen molar-refractivity contribution in [2.75, 3.05) is 5.75 Å². The van der Waals surface area contributed by atoms with Crippen molar-refractivity contribution >= 4 is 46.8 Å². The number of benzene rings is 2. The van der Waals surface area contributed by atoms with E-state index >= 15 is 0 Å². The summed E-state index contributed by atoms with van der Waals surface area (Å²) in [4.78, 5) is 27.7. The highest BCUT2D eigenvalue weighted by Crippen LogP contribution is 2.27. The number of hydrogen-bond donors (Lipinski definition) is 1. The summed E-state index contributed by atoms with van der Waals surface area (Å²) in [6, 6.07) is 14.9. The van der Waals surface area contributed by atoms with Crippen molar-refractivity contribution in [1.82, 2.24) is 10.2 Å². The van der Waals surface area contributed by atoms with E-state index in [1.54, 1.807) is 30.0 Å². The van der Waals surface area contributed by atoms with Crippen molar-refractivity contribution in [2.24, 2.45) is 0 Å². The molecule has 0 aromatic heterocycles. The lowest BCUT2D eigenvalue weighted by atomic mass is 10.1. The first-order valence-corrected chi connectivity index (χ1v) is 12.5. The van der Waals surface area contributed by atoms with Crippen LogP contribution in [0.4, 0.5) is 0 Å². The molecule has 31 heavy (non-hydrogen) atoms. The van der Waals surface area contributed by atoms with Crippen LogP contribution in [0.5, 0.6) is 0 Å². The van der Waals surface area contributed by atoms with Crippen LogP contribution in [-0.4, -0.2) is 34.6 Å². The SMILES string of the molecule is CC(C(=O)NC1CCCC1)N(Cc1c(Cl)cccc1Cl)C(=O)CSCc1ccccc1. The maximum Gasteiger partial charge on any atom is 0.242 e. The van der Waals surface area contributed by atoms with E-state index in [0.717, 1.165) is 37.0 Å². The van der Waals surface area contributed by atoms with Gasteiger partial charge in [-0.05, 0) is 37.5 Å². The highest BCUT2D eigenvalue weighted by atomic mass is 35.5. The zero-order valence-electron chi connectivity index (χ0n) is 17.7. The van der Waals surface area contributed by atoms with E-state index in [1.807, 2.05) is 30.3 Å². The lowest BCUT2D eigenvalue weighted by molar-refractivity contribution is -0.138. The Hall–Kier alpha value is -1.69. The van der Waals surface area contributed by atoms with E-state index in [9.17, 15) is 9.59 Å². The largest absolute Gasteiger partial charge is 0.352 e. The van der Waals surface area contributed by atoms with Gasteiger partial charge in [0, 0.05) is 33.9 Å². The molecule has 1 saturated carbocycles. The predicted octanol–water partition coefficient (Wildman–Crippen LogP) is 5.70. The predicted molar refractivity (Wildman–Crippen MR) is 129 cm³/mol. The van der Waals surface area contributed by atoms with Crippen molar-refractivity contribution in [3.63, 3.8) is 0 Å². The summed E-state index contributed by atoms with van der Waals surface area (Å²) in [6.07, 6.45) is 4.26. The van der Waals surface area contributed by atoms with Gasteiger partial charge in [-0.15, -0.1) is 11.8 Å². The van der Waals surface area contributed by atoms with E-state index < -0.39 is 6.04 Å². The van der Waals surface area contributed by atoms with E-state index in [0.29, 0.717) is 15.6 Å². The Morgan fingerprint density at radius 3 is 2.35 bits per heavy atom. The van der Waals surface area contributed by atoms with Crippen molar-refractivity contribution in [2.45, 2.75) is 57.0 Å². The molecule has 0 spiro atoms. The molecule has 7 heteroatoms. The minimum absolute atomic E-state index is 0.106. The molecule has 1 N–H and O–H groups in total. The molecule has 3 rings (SSSR count). The first kappa shape index (κ1) is 24.0. The van der Waals surface area contributed by atoms with Crippen LogP contribution in [0.3, 0.4) is 0 Å². The molecule has 1 aliphatic rings. The lowest BCUT2D eigenvalue weighted by Gasteiger charge is -2.30. The fourth-order valence-corrected chi connectivity index (χ4v) is 5.13. The monoisotopic (exact) mass is 478 g/mol. The molecule has 2 aromatic rings. The van der Waals surface area contributed by atoms with Gasteiger partial charge in [-0.1, -0.05) is 72.4 Å². The Bertz CT molecular complexity index is 868. The van der Waals surface area contributed by atoms with E-state index in [1.165, 1.54) is 11.8 Å². The van der Waals surface area contributed by atoms with Gasteiger partial charge in [0.2, 0.25) is 11.8 Å². The van der Waals surface area contributed by atoms with Gasteiger partial charge in [0.1, 0.15) is 6.04 Å². The molecule has 166 valence electrons. The number of nitrogens with zero attached hydrogens (tertiary/aromatic N) is 1. The number of halogens is 2. The van der Waals surface area contributed by atoms with E-state index in [2.05, 4.69) is 5.32 Å². The molecule has 0 aliphatic heterocycles. The number of carbonyl (C=O) groups excluding carboxylic acids is 2. The fraction of sp³-hybridized carbons (Fsp3) is 0.417. The van der Waals surface area contributed by atoms with Gasteiger partial charge in [0.05, 0.1) is 5.75 Å². The molecule has 0 saturated heterocycles. The Morgan fingerprint density at radius 1 is 1.06 bits per heavy atom. The van der Waals surface area contributed by atoms with E-state index in [4.69, 9.17) is 23.2 Å². The third-order valence-corrected chi connectivity index (χ3v) is 7.29. The second kappa shape index (κ2) is 11.8. The van der Waals surface area contributed by atoms with Gasteiger partial charge in [-0.3, -0.25) is 9.59 Å². The number of amides is 2. The minimum Gasteiger partial charge on any atom is -0.352 e. The second-order valence-electron chi connectivity index (χ2n) is 7.87. The van der Waals surface area contributed by atoms with Crippen LogP contribution in [0.25, 0.3) is 0 Å². The number of hydrogen-bond acceptors (Lipinski definition) is 3. The Labute approximate surface area is 198 Å². The molecular formula is C24H28Cl2N2O2S. The van der Waals surface area contributed by atoms with Gasteiger partial charge in [-0.25, -0.2) is 0 Å². The summed E-state index contributed by atoms with van der Waals surface area (Å²) in [7, 11) is 0. The zero-order valence-corrected chi connectivity index (χ0v) is 20.0. The van der Waals surface area contributed by atoms with Crippen LogP contribution < -0.4 is 5.32 Å². The molecule has 4 nitrogen and oxygen atoms in total. The molecule has 2 amide bonds. The number of rotatable bonds is 9. The molecule has 1 atom stereocenters. The Kier molecular flexibility index (Phi) is 9.12. The zero-order chi connectivity index (χ0) is 22.2. The van der Waals surface area contributed by atoms with Crippen molar-refractivity contribution < 1.29 is 9.59 Å². The van der Waals surface area contributed by atoms with Gasteiger partial charge >= 0.3 is 0 Å². The Morgan fingerprint density at radius 2 is 1.71 bits per heavy atom. The smallest absolute Gasteiger partial charge is 0.242 e. The van der Waals surface area contributed by atoms with Crippen molar-refractivity contribution in [3.8, 4) is 0 Å². The average molecular weight is 479 g/mol. The maximum absolute atomic E-state index is 13.2. The molecule has 2 aromatic carbocycles. The van der Waals surface area contributed by atoms with Crippen molar-refractivity contribution in [3.05, 3.63) is 69.7 Å². The number of carbonyl (C=O) groups is 2. The van der Waals surface area contributed by atoms with Crippen LogP contribution in [0, 0.1) is 0 Å². The summed E-state index contributed by atoms with van der Waals surface area (Å²) in [5.41, 5.74) is 1.82. The van der Waals surface area contributed by atoms with Crippen LogP contribution in [0.1, 0.15) is 43.7 Å². The highest BCUT2D eigenvalue weighted by Gasteiger charge is 2.29. The lowest BCUT2D eigenvalue weighted by Crippen LogP contribution is -2.50. The molecule has 1 unspecified atom stereocenters. The Balaban J connectivity index is 1.70. The number of thioether (sulfide) groups is 1. The molecule has 0 heterocycles. The summed E-state index contributed by atoms with van der Waals surface area (Å²) in [5, 5.41) is 4.09. The van der Waals surface area contributed by atoms with Crippen LogP contribution in [0.2, 0.25) is 10.0 Å². The van der Waals surface area contributed by atoms with Crippen LogP contribution >= 0.6 is 35.0 Å². The summed E-state index contributed by atoms with van der Waals surface area (Å²) < 4.78 is 0. The van der Waals surface area contributed by atoms with Gasteiger partial charge < -0.3 is 10.2 Å². The standard InChI is InChI=1S/C24H28Cl2N2O2S/c1-17(24(30)27-19-10-5-6-11-19)28(14-20-21(25)12-7-13-22(20)26)23(29)16-31-15-18-8-3-2-4-9-18/h2-4,7-9,12-13,17,19H,5-6,10-11,14-16H2,1H3,(H,27,30). The van der Waals surface area contributed by atoms with Crippen LogP contribution in [-0.2, 0) is 21.9 Å². The molecular weight excluding hydrogens is 451 g/mol. The van der Waals surface area contributed by atoms with Gasteiger partial charge in [-0.2, -0.15) is 0 Å². The third-order valence-electron chi connectivity index (χ3n) is 5.60. The normalized spacial score (nSPS) is 14.9. The molecule has 0 radical (unpaired) electrons. The average Bonchev–Trinajstić information content (AvgIpc) is 3.27. The second-order valence-corrected chi connectivity index (χ2v) is 9.67. The first-order valence-electron chi connectivity index (χ1n) is 10.6. The highest BCUT2D eigenvalue weighted by molar-refractivity contribution is 7.99. The quantitative estimate of drug-likeness (QED) is 0.502. The van der Waals surface area contributed by atoms with Gasteiger partial charge in [0.15, 0.2) is 0 Å². The maximum atomic E-state index is 13.2. The number of nitrogens with one attached hydrogen (secondary N) is 1. The topological polar surface area (TPSA) is 49.4 Å².